The maximum absolute atomic E-state index is 11.9. The van der Waals surface area contributed by atoms with Crippen molar-refractivity contribution in [2.75, 3.05) is 5.32 Å². The molecule has 0 spiro atoms. The highest BCUT2D eigenvalue weighted by molar-refractivity contribution is 6.02. The number of amides is 1. The van der Waals surface area contributed by atoms with E-state index in [1.165, 1.54) is 0 Å². The van der Waals surface area contributed by atoms with Crippen LogP contribution in [-0.4, -0.2) is 5.91 Å². The average Bonchev–Trinajstić information content (AvgIpc) is 2.88. The summed E-state index contributed by atoms with van der Waals surface area (Å²) in [5.41, 5.74) is 1.08. The van der Waals surface area contributed by atoms with E-state index in [-0.39, 0.29) is 11.7 Å². The minimum Gasteiger partial charge on any atom is -0.456 e. The largest absolute Gasteiger partial charge is 0.456 e. The number of benzene rings is 1. The number of hydrogen-bond donors (Lipinski definition) is 1. The van der Waals surface area contributed by atoms with Crippen molar-refractivity contribution >= 4 is 11.6 Å². The number of carbonyl (C=O) groups is 1. The summed E-state index contributed by atoms with van der Waals surface area (Å²) in [5.74, 6) is 0.727. The third kappa shape index (κ3) is 2.58. The SMILES string of the molecule is CCc1ccc(C(=O)Nc2cccc(C#N)c2)o1. The monoisotopic (exact) mass is 240 g/mol. The molecule has 1 aromatic carbocycles. The Kier molecular flexibility index (Phi) is 3.44. The van der Waals surface area contributed by atoms with E-state index >= 15 is 0 Å². The molecule has 2 aromatic rings. The van der Waals surface area contributed by atoms with Crippen molar-refractivity contribution in [3.05, 3.63) is 53.5 Å². The Hall–Kier alpha value is -2.54. The molecule has 1 amide bonds. The van der Waals surface area contributed by atoms with Gasteiger partial charge in [0.15, 0.2) is 5.76 Å². The Bertz CT molecular complexity index is 608. The van der Waals surface area contributed by atoms with Gasteiger partial charge in [0, 0.05) is 12.1 Å². The predicted octanol–water partition coefficient (Wildman–Crippen LogP) is 2.97. The van der Waals surface area contributed by atoms with Gasteiger partial charge in [-0.2, -0.15) is 5.26 Å². The minimum absolute atomic E-state index is 0.272. The summed E-state index contributed by atoms with van der Waals surface area (Å²) in [4.78, 5) is 11.9. The Morgan fingerprint density at radius 2 is 2.22 bits per heavy atom. The van der Waals surface area contributed by atoms with Gasteiger partial charge < -0.3 is 9.73 Å². The smallest absolute Gasteiger partial charge is 0.291 e. The zero-order valence-corrected chi connectivity index (χ0v) is 9.93. The molecular weight excluding hydrogens is 228 g/mol. The molecule has 0 saturated carbocycles. The van der Waals surface area contributed by atoms with E-state index in [0.29, 0.717) is 11.3 Å². The third-order valence-electron chi connectivity index (χ3n) is 2.48. The standard InChI is InChI=1S/C14H12N2O2/c1-2-12-6-7-13(18-12)14(17)16-11-5-3-4-10(8-11)9-15/h3-8H,2H2,1H3,(H,16,17). The van der Waals surface area contributed by atoms with Gasteiger partial charge in [0.25, 0.3) is 5.91 Å². The van der Waals surface area contributed by atoms with Crippen molar-refractivity contribution in [1.29, 1.82) is 5.26 Å². The fraction of sp³-hybridized carbons (Fsp3) is 0.143. The van der Waals surface area contributed by atoms with E-state index in [2.05, 4.69) is 5.32 Å². The van der Waals surface area contributed by atoms with Crippen molar-refractivity contribution in [2.45, 2.75) is 13.3 Å². The normalized spacial score (nSPS) is 9.78. The summed E-state index contributed by atoms with van der Waals surface area (Å²) in [6, 6.07) is 12.2. The van der Waals surface area contributed by atoms with E-state index in [0.717, 1.165) is 12.2 Å². The second-order valence-electron chi connectivity index (χ2n) is 3.77. The first-order valence-electron chi connectivity index (χ1n) is 5.63. The van der Waals surface area contributed by atoms with Crippen LogP contribution in [0, 0.1) is 11.3 Å². The lowest BCUT2D eigenvalue weighted by molar-refractivity contribution is 0.0995. The summed E-state index contributed by atoms with van der Waals surface area (Å²) in [5, 5.41) is 11.5. The molecule has 1 heterocycles. The lowest BCUT2D eigenvalue weighted by Gasteiger charge is -2.02. The molecule has 0 bridgehead atoms. The number of furan rings is 1. The van der Waals surface area contributed by atoms with E-state index in [1.54, 1.807) is 36.4 Å². The molecule has 2 rings (SSSR count). The Morgan fingerprint density at radius 1 is 1.39 bits per heavy atom. The number of anilines is 1. The predicted molar refractivity (Wildman–Crippen MR) is 67.2 cm³/mol. The van der Waals surface area contributed by atoms with Crippen LogP contribution in [0.4, 0.5) is 5.69 Å². The molecule has 0 radical (unpaired) electrons. The molecule has 0 aliphatic rings. The summed E-state index contributed by atoms with van der Waals surface area (Å²) in [6.07, 6.45) is 0.747. The number of nitrogens with one attached hydrogen (secondary N) is 1. The molecular formula is C14H12N2O2. The topological polar surface area (TPSA) is 66.0 Å². The molecule has 18 heavy (non-hydrogen) atoms. The molecule has 1 aromatic heterocycles. The van der Waals surface area contributed by atoms with Gasteiger partial charge in [-0.1, -0.05) is 13.0 Å². The van der Waals surface area contributed by atoms with Crippen LogP contribution in [0.1, 0.15) is 28.8 Å². The summed E-state index contributed by atoms with van der Waals surface area (Å²) < 4.78 is 5.35. The fourth-order valence-electron chi connectivity index (χ4n) is 1.55. The van der Waals surface area contributed by atoms with Crippen LogP contribution < -0.4 is 5.32 Å². The highest BCUT2D eigenvalue weighted by atomic mass is 16.3. The molecule has 1 N–H and O–H groups in total. The lowest BCUT2D eigenvalue weighted by Crippen LogP contribution is -2.10. The van der Waals surface area contributed by atoms with Crippen molar-refractivity contribution < 1.29 is 9.21 Å². The molecule has 90 valence electrons. The van der Waals surface area contributed by atoms with Crippen LogP contribution in [0.15, 0.2) is 40.8 Å². The first-order chi connectivity index (χ1) is 8.72. The quantitative estimate of drug-likeness (QED) is 0.896. The van der Waals surface area contributed by atoms with Crippen LogP contribution >= 0.6 is 0 Å². The van der Waals surface area contributed by atoms with Gasteiger partial charge in [-0.25, -0.2) is 0 Å². The van der Waals surface area contributed by atoms with Gasteiger partial charge in [0.1, 0.15) is 5.76 Å². The van der Waals surface area contributed by atoms with Gasteiger partial charge in [0.05, 0.1) is 11.6 Å². The number of hydrogen-bond acceptors (Lipinski definition) is 3. The van der Waals surface area contributed by atoms with Gasteiger partial charge in [-0.05, 0) is 30.3 Å². The van der Waals surface area contributed by atoms with Crippen LogP contribution in [0.2, 0.25) is 0 Å². The van der Waals surface area contributed by atoms with Gasteiger partial charge in [0.2, 0.25) is 0 Å². The van der Waals surface area contributed by atoms with Gasteiger partial charge >= 0.3 is 0 Å². The third-order valence-corrected chi connectivity index (χ3v) is 2.48. The van der Waals surface area contributed by atoms with E-state index in [1.807, 2.05) is 13.0 Å². The first kappa shape index (κ1) is 11.9. The number of carbonyl (C=O) groups excluding carboxylic acids is 1. The lowest BCUT2D eigenvalue weighted by atomic mass is 10.2. The van der Waals surface area contributed by atoms with Crippen LogP contribution in [0.5, 0.6) is 0 Å². The second-order valence-corrected chi connectivity index (χ2v) is 3.77. The number of rotatable bonds is 3. The van der Waals surface area contributed by atoms with Gasteiger partial charge in [-0.3, -0.25) is 4.79 Å². The zero-order chi connectivity index (χ0) is 13.0. The van der Waals surface area contributed by atoms with E-state index in [9.17, 15) is 4.79 Å². The number of nitrogens with zero attached hydrogens (tertiary/aromatic N) is 1. The molecule has 0 saturated heterocycles. The molecule has 0 aliphatic carbocycles. The molecule has 0 fully saturated rings. The number of nitriles is 1. The van der Waals surface area contributed by atoms with E-state index in [4.69, 9.17) is 9.68 Å². The van der Waals surface area contributed by atoms with Crippen LogP contribution in [0.3, 0.4) is 0 Å². The summed E-state index contributed by atoms with van der Waals surface area (Å²) in [6.45, 7) is 1.96. The molecule has 4 heteroatoms. The zero-order valence-electron chi connectivity index (χ0n) is 9.93. The number of aryl methyl sites for hydroxylation is 1. The second kappa shape index (κ2) is 5.19. The Labute approximate surface area is 105 Å². The fourth-order valence-corrected chi connectivity index (χ4v) is 1.55. The summed E-state index contributed by atoms with van der Waals surface area (Å²) in [7, 11) is 0. The van der Waals surface area contributed by atoms with E-state index < -0.39 is 0 Å². The minimum atomic E-state index is -0.315. The first-order valence-corrected chi connectivity index (χ1v) is 5.63. The van der Waals surface area contributed by atoms with Crippen molar-refractivity contribution in [1.82, 2.24) is 0 Å². The molecule has 0 atom stereocenters. The highest BCUT2D eigenvalue weighted by Crippen LogP contribution is 2.13. The van der Waals surface area contributed by atoms with Gasteiger partial charge in [-0.15, -0.1) is 0 Å². The maximum atomic E-state index is 11.9. The Morgan fingerprint density at radius 3 is 2.89 bits per heavy atom. The van der Waals surface area contributed by atoms with Crippen molar-refractivity contribution in [2.24, 2.45) is 0 Å². The van der Waals surface area contributed by atoms with Crippen molar-refractivity contribution in [3.63, 3.8) is 0 Å². The highest BCUT2D eigenvalue weighted by Gasteiger charge is 2.10. The molecule has 0 aliphatic heterocycles. The summed E-state index contributed by atoms with van der Waals surface area (Å²) >= 11 is 0. The van der Waals surface area contributed by atoms with Crippen LogP contribution in [-0.2, 0) is 6.42 Å². The Balaban J connectivity index is 2.13. The molecule has 0 unspecified atom stereocenters. The average molecular weight is 240 g/mol. The van der Waals surface area contributed by atoms with Crippen LogP contribution in [0.25, 0.3) is 0 Å². The maximum Gasteiger partial charge on any atom is 0.291 e. The molecule has 4 nitrogen and oxygen atoms in total. The van der Waals surface area contributed by atoms with Crippen molar-refractivity contribution in [3.8, 4) is 6.07 Å².